The minimum atomic E-state index is -4.95. The first kappa shape index (κ1) is 25.0. The van der Waals surface area contributed by atoms with Crippen LogP contribution < -0.4 is 10.1 Å². The number of carbonyl (C=O) groups excluding carboxylic acids is 2. The minimum absolute atomic E-state index is 0.0278. The number of carbonyl (C=O) groups is 2. The number of β-amino-alcohol motifs (C(OH)–C–C–N with tert-alkyl or cyclic N) is 1. The van der Waals surface area contributed by atoms with Gasteiger partial charge in [-0.15, -0.1) is 13.2 Å². The molecule has 33 heavy (non-hydrogen) atoms. The predicted molar refractivity (Wildman–Crippen MR) is 106 cm³/mol. The first-order valence-corrected chi connectivity index (χ1v) is 10.5. The zero-order chi connectivity index (χ0) is 24.4. The van der Waals surface area contributed by atoms with Gasteiger partial charge < -0.3 is 25.0 Å². The summed E-state index contributed by atoms with van der Waals surface area (Å²) < 4.78 is 67.3. The van der Waals surface area contributed by atoms with Crippen LogP contribution in [0.1, 0.15) is 38.2 Å². The standard InChI is InChI=1S/C21H26F5N3O4/c1-20(32)9-15(11-28(12-20)18(30)6-7-22)29(14-3-4-14)19(31)27-10-13-2-5-16(8-17(13)23)33-21(24,25)26/h2,5,8,14-15,32H,3-4,6-7,9-12H2,1H3,(H,27,31). The monoisotopic (exact) mass is 479 g/mol. The van der Waals surface area contributed by atoms with Crippen LogP contribution in [0.2, 0.25) is 0 Å². The Morgan fingerprint density at radius 1 is 1.30 bits per heavy atom. The SMILES string of the molecule is CC1(O)CC(N(C(=O)NCc2ccc(OC(F)(F)F)cc2F)C2CC2)CN(C(=O)CCF)C1. The second-order valence-corrected chi connectivity index (χ2v) is 8.67. The van der Waals surface area contributed by atoms with Crippen molar-refractivity contribution < 1.29 is 41.4 Å². The van der Waals surface area contributed by atoms with E-state index in [9.17, 15) is 36.6 Å². The molecule has 3 amide bonds. The van der Waals surface area contributed by atoms with Gasteiger partial charge in [0.15, 0.2) is 0 Å². The van der Waals surface area contributed by atoms with Gasteiger partial charge in [-0.05, 0) is 32.3 Å². The van der Waals surface area contributed by atoms with Crippen molar-refractivity contribution in [1.82, 2.24) is 15.1 Å². The molecule has 1 heterocycles. The van der Waals surface area contributed by atoms with Gasteiger partial charge in [-0.1, -0.05) is 6.07 Å². The zero-order valence-corrected chi connectivity index (χ0v) is 18.0. The number of nitrogens with one attached hydrogen (secondary N) is 1. The van der Waals surface area contributed by atoms with Gasteiger partial charge in [0, 0.05) is 37.3 Å². The smallest absolute Gasteiger partial charge is 0.406 e. The lowest BCUT2D eigenvalue weighted by atomic mass is 9.90. The van der Waals surface area contributed by atoms with Gasteiger partial charge in [0.1, 0.15) is 11.6 Å². The van der Waals surface area contributed by atoms with Crippen molar-refractivity contribution in [1.29, 1.82) is 0 Å². The van der Waals surface area contributed by atoms with E-state index in [2.05, 4.69) is 10.1 Å². The summed E-state index contributed by atoms with van der Waals surface area (Å²) in [4.78, 5) is 28.0. The molecule has 2 aliphatic rings. The fourth-order valence-corrected chi connectivity index (χ4v) is 4.10. The van der Waals surface area contributed by atoms with Gasteiger partial charge in [0.05, 0.1) is 24.7 Å². The highest BCUT2D eigenvalue weighted by molar-refractivity contribution is 5.77. The topological polar surface area (TPSA) is 82.1 Å². The summed E-state index contributed by atoms with van der Waals surface area (Å²) in [6.45, 7) is 0.593. The number of alkyl halides is 4. The molecule has 2 unspecified atom stereocenters. The summed E-state index contributed by atoms with van der Waals surface area (Å²) in [6.07, 6.45) is -3.61. The number of benzene rings is 1. The predicted octanol–water partition coefficient (Wildman–Crippen LogP) is 3.11. The molecular weight excluding hydrogens is 453 g/mol. The number of piperidine rings is 1. The summed E-state index contributed by atoms with van der Waals surface area (Å²) in [7, 11) is 0. The fraction of sp³-hybridized carbons (Fsp3) is 0.619. The highest BCUT2D eigenvalue weighted by Gasteiger charge is 2.44. The number of hydrogen-bond acceptors (Lipinski definition) is 4. The first-order chi connectivity index (χ1) is 15.4. The Morgan fingerprint density at radius 2 is 2.00 bits per heavy atom. The van der Waals surface area contributed by atoms with Gasteiger partial charge in [0.2, 0.25) is 5.91 Å². The number of halogens is 5. The summed E-state index contributed by atoms with van der Waals surface area (Å²) in [5, 5.41) is 13.2. The van der Waals surface area contributed by atoms with Crippen LogP contribution in [0.3, 0.4) is 0 Å². The Labute approximate surface area is 187 Å². The van der Waals surface area contributed by atoms with Crippen molar-refractivity contribution in [2.24, 2.45) is 0 Å². The molecule has 1 aliphatic heterocycles. The Balaban J connectivity index is 1.67. The third-order valence-corrected chi connectivity index (χ3v) is 5.56. The number of likely N-dealkylation sites (tertiary alicyclic amines) is 1. The fourth-order valence-electron chi connectivity index (χ4n) is 4.10. The highest BCUT2D eigenvalue weighted by atomic mass is 19.4. The molecule has 1 saturated carbocycles. The lowest BCUT2D eigenvalue weighted by Gasteiger charge is -2.45. The molecule has 1 saturated heterocycles. The van der Waals surface area contributed by atoms with Crippen LogP contribution in [-0.2, 0) is 11.3 Å². The van der Waals surface area contributed by atoms with E-state index in [1.165, 1.54) is 16.7 Å². The van der Waals surface area contributed by atoms with Crippen LogP contribution in [0.25, 0.3) is 0 Å². The summed E-state index contributed by atoms with van der Waals surface area (Å²) in [5.74, 6) is -2.14. The first-order valence-electron chi connectivity index (χ1n) is 10.5. The van der Waals surface area contributed by atoms with Crippen LogP contribution in [0.4, 0.5) is 26.7 Å². The maximum Gasteiger partial charge on any atom is 0.573 e. The van der Waals surface area contributed by atoms with Crippen molar-refractivity contribution in [2.45, 2.75) is 63.2 Å². The normalized spacial score (nSPS) is 23.2. The molecule has 7 nitrogen and oxygen atoms in total. The molecule has 12 heteroatoms. The molecule has 1 aromatic carbocycles. The van der Waals surface area contributed by atoms with Crippen LogP contribution in [-0.4, -0.2) is 70.7 Å². The second kappa shape index (κ2) is 9.70. The third-order valence-electron chi connectivity index (χ3n) is 5.56. The maximum absolute atomic E-state index is 14.2. The van der Waals surface area contributed by atoms with Gasteiger partial charge in [-0.2, -0.15) is 0 Å². The third kappa shape index (κ3) is 6.92. The number of nitrogens with zero attached hydrogens (tertiary/aromatic N) is 2. The Kier molecular flexibility index (Phi) is 7.35. The summed E-state index contributed by atoms with van der Waals surface area (Å²) in [5.41, 5.74) is -1.31. The average molecular weight is 479 g/mol. The zero-order valence-electron chi connectivity index (χ0n) is 18.0. The minimum Gasteiger partial charge on any atom is -0.406 e. The van der Waals surface area contributed by atoms with E-state index in [1.54, 1.807) is 0 Å². The largest absolute Gasteiger partial charge is 0.573 e. The van der Waals surface area contributed by atoms with E-state index in [1.807, 2.05) is 0 Å². The number of urea groups is 1. The highest BCUT2D eigenvalue weighted by Crippen LogP contribution is 2.34. The molecule has 0 aromatic heterocycles. The van der Waals surface area contributed by atoms with Crippen molar-refractivity contribution in [3.05, 3.63) is 29.6 Å². The summed E-state index contributed by atoms with van der Waals surface area (Å²) >= 11 is 0. The molecule has 1 aromatic rings. The lowest BCUT2D eigenvalue weighted by molar-refractivity contribution is -0.274. The van der Waals surface area contributed by atoms with Crippen LogP contribution >= 0.6 is 0 Å². The number of aliphatic hydroxyl groups is 1. The van der Waals surface area contributed by atoms with Crippen molar-refractivity contribution >= 4 is 11.9 Å². The van der Waals surface area contributed by atoms with Gasteiger partial charge >= 0.3 is 12.4 Å². The van der Waals surface area contributed by atoms with Gasteiger partial charge in [-0.3, -0.25) is 9.18 Å². The average Bonchev–Trinajstić information content (AvgIpc) is 3.50. The van der Waals surface area contributed by atoms with Crippen molar-refractivity contribution in [3.8, 4) is 5.75 Å². The van der Waals surface area contributed by atoms with Gasteiger partial charge in [0.25, 0.3) is 0 Å². The molecule has 3 rings (SSSR count). The second-order valence-electron chi connectivity index (χ2n) is 8.67. The van der Waals surface area contributed by atoms with E-state index < -0.39 is 48.2 Å². The molecular formula is C21H26F5N3O4. The summed E-state index contributed by atoms with van der Waals surface area (Å²) in [6, 6.07) is 1.42. The number of hydrogen-bond donors (Lipinski definition) is 2. The Morgan fingerprint density at radius 3 is 2.58 bits per heavy atom. The van der Waals surface area contributed by atoms with E-state index in [0.29, 0.717) is 6.07 Å². The molecule has 0 spiro atoms. The van der Waals surface area contributed by atoms with Crippen molar-refractivity contribution in [3.63, 3.8) is 0 Å². The Bertz CT molecular complexity index is 876. The van der Waals surface area contributed by atoms with Gasteiger partial charge in [-0.25, -0.2) is 9.18 Å². The van der Waals surface area contributed by atoms with Crippen molar-refractivity contribution in [2.75, 3.05) is 19.8 Å². The molecule has 184 valence electrons. The van der Waals surface area contributed by atoms with Crippen LogP contribution in [0.5, 0.6) is 5.75 Å². The van der Waals surface area contributed by atoms with E-state index in [4.69, 9.17) is 0 Å². The molecule has 0 bridgehead atoms. The molecule has 1 aliphatic carbocycles. The molecule has 2 fully saturated rings. The van der Waals surface area contributed by atoms with E-state index in [-0.39, 0.29) is 44.1 Å². The maximum atomic E-state index is 14.2. The number of amides is 3. The van der Waals surface area contributed by atoms with Crippen LogP contribution in [0, 0.1) is 5.82 Å². The lowest BCUT2D eigenvalue weighted by Crippen LogP contribution is -2.61. The Hall–Kier alpha value is -2.63. The number of ether oxygens (including phenoxy) is 1. The quantitative estimate of drug-likeness (QED) is 0.589. The molecule has 0 radical (unpaired) electrons. The molecule has 2 N–H and O–H groups in total. The van der Waals surface area contributed by atoms with Crippen LogP contribution in [0.15, 0.2) is 18.2 Å². The number of rotatable bonds is 7. The van der Waals surface area contributed by atoms with E-state index in [0.717, 1.165) is 25.0 Å². The van der Waals surface area contributed by atoms with E-state index >= 15 is 0 Å². The molecule has 2 atom stereocenters.